The second-order valence-corrected chi connectivity index (χ2v) is 9.78. The molecule has 3 aromatic heterocycles. The van der Waals surface area contributed by atoms with Gasteiger partial charge in [-0.3, -0.25) is 9.08 Å². The van der Waals surface area contributed by atoms with E-state index in [9.17, 15) is 23.5 Å². The molecule has 1 fully saturated rings. The maximum absolute atomic E-state index is 13.5. The molecule has 2 atom stereocenters. The molecular weight excluding hydrogens is 483 g/mol. The number of hydrogen-bond donors (Lipinski definition) is 2. The van der Waals surface area contributed by atoms with Gasteiger partial charge in [0.15, 0.2) is 17.1 Å². The molecule has 8 nitrogen and oxygen atoms in total. The first-order valence-corrected chi connectivity index (χ1v) is 12.0. The molecule has 192 valence electrons. The Labute approximate surface area is 211 Å². The molecule has 0 saturated heterocycles. The maximum atomic E-state index is 13.5. The number of alkyl halides is 3. The van der Waals surface area contributed by atoms with Gasteiger partial charge in [-0.1, -0.05) is 18.6 Å². The lowest BCUT2D eigenvalue weighted by atomic mass is 9.79. The summed E-state index contributed by atoms with van der Waals surface area (Å²) in [6.45, 7) is 2.50. The van der Waals surface area contributed by atoms with Crippen molar-refractivity contribution in [3.63, 3.8) is 0 Å². The monoisotopic (exact) mass is 509 g/mol. The molecule has 1 aliphatic rings. The topological polar surface area (TPSA) is 118 Å². The number of rotatable bonds is 6. The number of halogens is 3. The number of aliphatic hydroxyl groups is 1. The Morgan fingerprint density at radius 2 is 2.00 bits per heavy atom. The molecule has 3 N–H and O–H groups in total. The van der Waals surface area contributed by atoms with Crippen LogP contribution in [0.15, 0.2) is 43.0 Å². The van der Waals surface area contributed by atoms with Crippen molar-refractivity contribution in [2.24, 2.45) is 5.92 Å². The van der Waals surface area contributed by atoms with E-state index >= 15 is 0 Å². The summed E-state index contributed by atoms with van der Waals surface area (Å²) in [5, 5.41) is 24.0. The molecule has 0 amide bonds. The van der Waals surface area contributed by atoms with Crippen LogP contribution in [0.3, 0.4) is 0 Å². The van der Waals surface area contributed by atoms with E-state index in [4.69, 9.17) is 5.73 Å². The molecule has 0 radical (unpaired) electrons. The molecule has 37 heavy (non-hydrogen) atoms. The van der Waals surface area contributed by atoms with Crippen molar-refractivity contribution in [2.45, 2.75) is 57.3 Å². The van der Waals surface area contributed by atoms with Crippen LogP contribution in [0, 0.1) is 24.2 Å². The standard InChI is InChI=1S/C26H26F3N7O/c1-15-6-7-18(25(2,37)26(27,28)29)10-19(15)22-12-32-24-23(31)34-20(14-35(22)24)17-11-33-36(13-17)21(8-9-30)16-4-3-5-16/h6-7,10-14,16,21,37H,3-5,8H2,1-2H3,(H2,31,34). The predicted molar refractivity (Wildman–Crippen MR) is 131 cm³/mol. The van der Waals surface area contributed by atoms with Gasteiger partial charge in [0.05, 0.1) is 42.3 Å². The number of aromatic nitrogens is 5. The number of hydrogen-bond acceptors (Lipinski definition) is 6. The summed E-state index contributed by atoms with van der Waals surface area (Å²) in [5.41, 5.74) is 6.17. The first-order chi connectivity index (χ1) is 17.5. The molecule has 2 unspecified atom stereocenters. The fourth-order valence-corrected chi connectivity index (χ4v) is 4.76. The Hall–Kier alpha value is -3.91. The summed E-state index contributed by atoms with van der Waals surface area (Å²) in [6.07, 6.45) is 5.55. The SMILES string of the molecule is Cc1ccc(C(C)(O)C(F)(F)F)cc1-c1cnc2c(N)nc(-c3cnn(C(CC#N)C4CCC4)c3)cn12. The number of anilines is 1. The smallest absolute Gasteiger partial charge is 0.381 e. The zero-order chi connectivity index (χ0) is 26.5. The molecule has 1 aliphatic carbocycles. The van der Waals surface area contributed by atoms with Crippen molar-refractivity contribution in [1.82, 2.24) is 24.1 Å². The summed E-state index contributed by atoms with van der Waals surface area (Å²) < 4.78 is 44.0. The average Bonchev–Trinajstić information content (AvgIpc) is 3.45. The number of fused-ring (bicyclic) bond motifs is 1. The summed E-state index contributed by atoms with van der Waals surface area (Å²) in [7, 11) is 0. The van der Waals surface area contributed by atoms with Crippen molar-refractivity contribution in [2.75, 3.05) is 5.73 Å². The van der Waals surface area contributed by atoms with Gasteiger partial charge in [-0.05, 0) is 49.8 Å². The van der Waals surface area contributed by atoms with E-state index in [-0.39, 0.29) is 17.4 Å². The number of benzene rings is 1. The molecule has 5 rings (SSSR count). The van der Waals surface area contributed by atoms with Crippen molar-refractivity contribution < 1.29 is 18.3 Å². The van der Waals surface area contributed by atoms with Crippen LogP contribution in [-0.2, 0) is 5.60 Å². The van der Waals surface area contributed by atoms with Crippen molar-refractivity contribution in [1.29, 1.82) is 5.26 Å². The minimum atomic E-state index is -4.84. The fourth-order valence-electron chi connectivity index (χ4n) is 4.76. The average molecular weight is 510 g/mol. The van der Waals surface area contributed by atoms with Crippen LogP contribution in [0.2, 0.25) is 0 Å². The number of nitrogen functional groups attached to an aromatic ring is 1. The highest BCUT2D eigenvalue weighted by atomic mass is 19.4. The Morgan fingerprint density at radius 1 is 1.24 bits per heavy atom. The van der Waals surface area contributed by atoms with Crippen LogP contribution in [0.4, 0.5) is 19.0 Å². The van der Waals surface area contributed by atoms with Gasteiger partial charge in [0, 0.05) is 23.5 Å². The Bertz CT molecular complexity index is 1510. The Morgan fingerprint density at radius 3 is 2.65 bits per heavy atom. The number of nitrogens with zero attached hydrogens (tertiary/aromatic N) is 6. The number of nitriles is 1. The van der Waals surface area contributed by atoms with Crippen LogP contribution in [0.1, 0.15) is 49.8 Å². The maximum Gasteiger partial charge on any atom is 0.421 e. The Balaban J connectivity index is 1.58. The normalized spacial score (nSPS) is 16.8. The van der Waals surface area contributed by atoms with E-state index in [0.29, 0.717) is 46.1 Å². The lowest BCUT2D eigenvalue weighted by molar-refractivity contribution is -0.258. The molecule has 3 heterocycles. The number of imidazole rings is 1. The number of nitrogens with two attached hydrogens (primary N) is 1. The van der Waals surface area contributed by atoms with Crippen molar-refractivity contribution in [3.05, 3.63) is 54.1 Å². The predicted octanol–water partition coefficient (Wildman–Crippen LogP) is 5.18. The van der Waals surface area contributed by atoms with E-state index in [0.717, 1.165) is 26.2 Å². The van der Waals surface area contributed by atoms with Gasteiger partial charge in [-0.2, -0.15) is 23.5 Å². The van der Waals surface area contributed by atoms with Crippen LogP contribution in [0.25, 0.3) is 28.2 Å². The van der Waals surface area contributed by atoms with Crippen molar-refractivity contribution >= 4 is 11.5 Å². The van der Waals surface area contributed by atoms with Crippen molar-refractivity contribution in [3.8, 4) is 28.6 Å². The third kappa shape index (κ3) is 4.21. The molecule has 1 aromatic carbocycles. The molecular formula is C26H26F3N7O. The second-order valence-electron chi connectivity index (χ2n) is 9.78. The van der Waals surface area contributed by atoms with Crippen LogP contribution in [-0.4, -0.2) is 35.4 Å². The molecule has 1 saturated carbocycles. The minimum absolute atomic E-state index is 0.0100. The third-order valence-electron chi connectivity index (χ3n) is 7.38. The zero-order valence-corrected chi connectivity index (χ0v) is 20.4. The van der Waals surface area contributed by atoms with Gasteiger partial charge < -0.3 is 10.8 Å². The zero-order valence-electron chi connectivity index (χ0n) is 20.4. The fraction of sp³-hybridized carbons (Fsp3) is 0.385. The van der Waals surface area contributed by atoms with Gasteiger partial charge in [0.25, 0.3) is 0 Å². The van der Waals surface area contributed by atoms with Crippen LogP contribution < -0.4 is 5.73 Å². The summed E-state index contributed by atoms with van der Waals surface area (Å²) in [5.74, 6) is 0.567. The first kappa shape index (κ1) is 24.8. The summed E-state index contributed by atoms with van der Waals surface area (Å²) in [4.78, 5) is 8.82. The van der Waals surface area contributed by atoms with E-state index in [2.05, 4.69) is 21.1 Å². The molecule has 0 bridgehead atoms. The first-order valence-electron chi connectivity index (χ1n) is 12.0. The highest BCUT2D eigenvalue weighted by molar-refractivity contribution is 5.74. The van der Waals surface area contributed by atoms with E-state index in [1.807, 2.05) is 10.9 Å². The number of aryl methyl sites for hydroxylation is 1. The highest BCUT2D eigenvalue weighted by Crippen LogP contribution is 2.41. The van der Waals surface area contributed by atoms with Gasteiger partial charge in [-0.25, -0.2) is 9.97 Å². The van der Waals surface area contributed by atoms with Gasteiger partial charge in [0.1, 0.15) is 0 Å². The molecule has 4 aromatic rings. The minimum Gasteiger partial charge on any atom is -0.381 e. The Kier molecular flexibility index (Phi) is 5.95. The molecule has 0 spiro atoms. The molecule has 0 aliphatic heterocycles. The summed E-state index contributed by atoms with van der Waals surface area (Å²) in [6, 6.07) is 6.37. The van der Waals surface area contributed by atoms with E-state index < -0.39 is 11.8 Å². The highest BCUT2D eigenvalue weighted by Gasteiger charge is 2.51. The van der Waals surface area contributed by atoms with Crippen LogP contribution >= 0.6 is 0 Å². The second kappa shape index (κ2) is 8.88. The van der Waals surface area contributed by atoms with Gasteiger partial charge in [0.2, 0.25) is 0 Å². The van der Waals surface area contributed by atoms with Gasteiger partial charge >= 0.3 is 6.18 Å². The molecule has 11 heteroatoms. The van der Waals surface area contributed by atoms with E-state index in [1.165, 1.54) is 24.4 Å². The van der Waals surface area contributed by atoms with Crippen LogP contribution in [0.5, 0.6) is 0 Å². The van der Waals surface area contributed by atoms with Gasteiger partial charge in [-0.15, -0.1) is 0 Å². The largest absolute Gasteiger partial charge is 0.421 e. The van der Waals surface area contributed by atoms with E-state index in [1.54, 1.807) is 23.7 Å². The third-order valence-corrected chi connectivity index (χ3v) is 7.38. The lowest BCUT2D eigenvalue weighted by Gasteiger charge is -2.32. The quantitative estimate of drug-likeness (QED) is 0.370. The lowest BCUT2D eigenvalue weighted by Crippen LogP contribution is -2.39. The summed E-state index contributed by atoms with van der Waals surface area (Å²) >= 11 is 0.